The second kappa shape index (κ2) is 6.78. The lowest BCUT2D eigenvalue weighted by Gasteiger charge is -2.22. The number of aryl methyl sites for hydroxylation is 1. The number of carbonyl (C=O) groups excluding carboxylic acids is 1. The van der Waals surface area contributed by atoms with E-state index in [1.807, 2.05) is 18.2 Å². The molecule has 1 N–H and O–H groups in total. The lowest BCUT2D eigenvalue weighted by molar-refractivity contribution is -0.125. The molecule has 1 aliphatic rings. The Balaban J connectivity index is 1.87. The Hall–Kier alpha value is -2.09. The molecule has 0 saturated heterocycles. The first-order valence-electron chi connectivity index (χ1n) is 8.16. The molecule has 22 heavy (non-hydrogen) atoms. The quantitative estimate of drug-likeness (QED) is 0.890. The minimum Gasteiger partial charge on any atom is -0.345 e. The van der Waals surface area contributed by atoms with Gasteiger partial charge in [-0.25, -0.2) is 0 Å². The van der Waals surface area contributed by atoms with E-state index >= 15 is 0 Å². The van der Waals surface area contributed by atoms with Gasteiger partial charge in [-0.3, -0.25) is 4.79 Å². The first-order chi connectivity index (χ1) is 10.7. The molecule has 0 radical (unpaired) electrons. The first-order valence-corrected chi connectivity index (χ1v) is 8.16. The van der Waals surface area contributed by atoms with Crippen molar-refractivity contribution in [1.82, 2.24) is 5.32 Å². The zero-order valence-corrected chi connectivity index (χ0v) is 13.1. The molecule has 2 aromatic carbocycles. The van der Waals surface area contributed by atoms with Crippen LogP contribution in [0, 0.1) is 12.8 Å². The maximum absolute atomic E-state index is 12.6. The molecule has 2 aromatic rings. The standard InChI is InChI=1S/C20H23NO/c1-15-8-7-13-18(14-15)19(16-9-3-2-4-10-16)21-20(22)17-11-5-6-12-17/h2-4,7-10,13-14,17,19H,5-6,11-12H2,1H3,(H,21,22)/t19-/m1/s1. The van der Waals surface area contributed by atoms with Crippen molar-refractivity contribution in [1.29, 1.82) is 0 Å². The maximum Gasteiger partial charge on any atom is 0.223 e. The van der Waals surface area contributed by atoms with Crippen LogP contribution in [-0.2, 0) is 4.79 Å². The number of rotatable bonds is 4. The van der Waals surface area contributed by atoms with Crippen molar-refractivity contribution in [2.24, 2.45) is 5.92 Å². The first kappa shape index (κ1) is 14.8. The highest BCUT2D eigenvalue weighted by Crippen LogP contribution is 2.28. The number of benzene rings is 2. The second-order valence-electron chi connectivity index (χ2n) is 6.25. The van der Waals surface area contributed by atoms with Crippen molar-refractivity contribution in [3.8, 4) is 0 Å². The molecule has 3 rings (SSSR count). The van der Waals surface area contributed by atoms with Crippen LogP contribution in [0.1, 0.15) is 48.4 Å². The van der Waals surface area contributed by atoms with Crippen LogP contribution in [0.3, 0.4) is 0 Å². The van der Waals surface area contributed by atoms with E-state index in [2.05, 4.69) is 48.6 Å². The summed E-state index contributed by atoms with van der Waals surface area (Å²) in [5, 5.41) is 3.28. The lowest BCUT2D eigenvalue weighted by atomic mass is 9.96. The van der Waals surface area contributed by atoms with Gasteiger partial charge in [0.25, 0.3) is 0 Å². The molecule has 0 unspecified atom stereocenters. The minimum atomic E-state index is -0.0609. The summed E-state index contributed by atoms with van der Waals surface area (Å²) in [5.74, 6) is 0.392. The van der Waals surface area contributed by atoms with E-state index in [0.717, 1.165) is 24.0 Å². The van der Waals surface area contributed by atoms with Crippen LogP contribution in [0.4, 0.5) is 0 Å². The Morgan fingerprint density at radius 3 is 2.36 bits per heavy atom. The number of amides is 1. The summed E-state index contributed by atoms with van der Waals surface area (Å²) >= 11 is 0. The van der Waals surface area contributed by atoms with E-state index in [1.165, 1.54) is 18.4 Å². The molecule has 114 valence electrons. The van der Waals surface area contributed by atoms with Crippen LogP contribution in [0.15, 0.2) is 54.6 Å². The summed E-state index contributed by atoms with van der Waals surface area (Å²) in [5.41, 5.74) is 3.51. The zero-order valence-electron chi connectivity index (χ0n) is 13.1. The third-order valence-corrected chi connectivity index (χ3v) is 4.52. The molecule has 1 amide bonds. The summed E-state index contributed by atoms with van der Waals surface area (Å²) in [6.45, 7) is 2.09. The molecular formula is C20H23NO. The minimum absolute atomic E-state index is 0.0609. The van der Waals surface area contributed by atoms with Gasteiger partial charge in [0.1, 0.15) is 0 Å². The van der Waals surface area contributed by atoms with E-state index in [1.54, 1.807) is 0 Å². The molecular weight excluding hydrogens is 270 g/mol. The highest BCUT2D eigenvalue weighted by molar-refractivity contribution is 5.79. The summed E-state index contributed by atoms with van der Waals surface area (Å²) < 4.78 is 0. The van der Waals surface area contributed by atoms with Crippen LogP contribution < -0.4 is 5.32 Å². The van der Waals surface area contributed by atoms with Gasteiger partial charge < -0.3 is 5.32 Å². The third-order valence-electron chi connectivity index (χ3n) is 4.52. The topological polar surface area (TPSA) is 29.1 Å². The number of nitrogens with one attached hydrogen (secondary N) is 1. The van der Waals surface area contributed by atoms with Gasteiger partial charge in [0.05, 0.1) is 6.04 Å². The van der Waals surface area contributed by atoms with Gasteiger partial charge in [-0.2, -0.15) is 0 Å². The van der Waals surface area contributed by atoms with E-state index in [9.17, 15) is 4.79 Å². The Morgan fingerprint density at radius 1 is 1.00 bits per heavy atom. The molecule has 1 aliphatic carbocycles. The predicted octanol–water partition coefficient (Wildman–Crippen LogP) is 4.39. The SMILES string of the molecule is Cc1cccc([C@H](NC(=O)C2CCCC2)c2ccccc2)c1. The summed E-state index contributed by atoms with van der Waals surface area (Å²) in [4.78, 5) is 12.6. The fourth-order valence-electron chi connectivity index (χ4n) is 3.30. The van der Waals surface area contributed by atoms with E-state index in [0.29, 0.717) is 0 Å². The third kappa shape index (κ3) is 3.38. The number of hydrogen-bond donors (Lipinski definition) is 1. The Morgan fingerprint density at radius 2 is 1.68 bits per heavy atom. The van der Waals surface area contributed by atoms with Gasteiger partial charge in [-0.15, -0.1) is 0 Å². The second-order valence-corrected chi connectivity index (χ2v) is 6.25. The van der Waals surface area contributed by atoms with Crippen molar-refractivity contribution in [3.63, 3.8) is 0 Å². The van der Waals surface area contributed by atoms with Gasteiger partial charge in [0.15, 0.2) is 0 Å². The molecule has 1 atom stereocenters. The summed E-state index contributed by atoms with van der Waals surface area (Å²) in [7, 11) is 0. The van der Waals surface area contributed by atoms with Gasteiger partial charge in [0.2, 0.25) is 5.91 Å². The Kier molecular flexibility index (Phi) is 4.57. The van der Waals surface area contributed by atoms with Crippen LogP contribution in [-0.4, -0.2) is 5.91 Å². The molecule has 0 spiro atoms. The molecule has 0 heterocycles. The molecule has 1 saturated carbocycles. The van der Waals surface area contributed by atoms with Crippen molar-refractivity contribution in [2.45, 2.75) is 38.6 Å². The lowest BCUT2D eigenvalue weighted by Crippen LogP contribution is -2.33. The normalized spacial score (nSPS) is 16.4. The van der Waals surface area contributed by atoms with Gasteiger partial charge in [-0.05, 0) is 30.9 Å². The molecule has 2 nitrogen and oxygen atoms in total. The van der Waals surface area contributed by atoms with E-state index in [4.69, 9.17) is 0 Å². The van der Waals surface area contributed by atoms with Gasteiger partial charge >= 0.3 is 0 Å². The highest BCUT2D eigenvalue weighted by Gasteiger charge is 2.25. The zero-order chi connectivity index (χ0) is 15.4. The molecule has 0 bridgehead atoms. The molecule has 1 fully saturated rings. The average Bonchev–Trinajstić information content (AvgIpc) is 3.08. The van der Waals surface area contributed by atoms with Crippen molar-refractivity contribution >= 4 is 5.91 Å². The fraction of sp³-hybridized carbons (Fsp3) is 0.350. The molecule has 0 aromatic heterocycles. The maximum atomic E-state index is 12.6. The summed E-state index contributed by atoms with van der Waals surface area (Å²) in [6.07, 6.45) is 4.42. The van der Waals surface area contributed by atoms with E-state index in [-0.39, 0.29) is 17.9 Å². The molecule has 0 aliphatic heterocycles. The van der Waals surface area contributed by atoms with Gasteiger partial charge in [-0.1, -0.05) is 73.0 Å². The number of carbonyl (C=O) groups is 1. The van der Waals surface area contributed by atoms with Gasteiger partial charge in [0, 0.05) is 5.92 Å². The largest absolute Gasteiger partial charge is 0.345 e. The van der Waals surface area contributed by atoms with Crippen molar-refractivity contribution in [2.75, 3.05) is 0 Å². The van der Waals surface area contributed by atoms with Crippen LogP contribution in [0.5, 0.6) is 0 Å². The Labute approximate surface area is 132 Å². The van der Waals surface area contributed by atoms with Crippen LogP contribution in [0.25, 0.3) is 0 Å². The predicted molar refractivity (Wildman–Crippen MR) is 89.6 cm³/mol. The number of hydrogen-bond acceptors (Lipinski definition) is 1. The van der Waals surface area contributed by atoms with Crippen LogP contribution >= 0.6 is 0 Å². The highest BCUT2D eigenvalue weighted by atomic mass is 16.1. The summed E-state index contributed by atoms with van der Waals surface area (Å²) in [6, 6.07) is 18.6. The Bertz CT molecular complexity index is 629. The monoisotopic (exact) mass is 293 g/mol. The van der Waals surface area contributed by atoms with Crippen molar-refractivity contribution < 1.29 is 4.79 Å². The molecule has 2 heteroatoms. The van der Waals surface area contributed by atoms with Crippen LogP contribution in [0.2, 0.25) is 0 Å². The van der Waals surface area contributed by atoms with E-state index < -0.39 is 0 Å². The fourth-order valence-corrected chi connectivity index (χ4v) is 3.30. The van der Waals surface area contributed by atoms with Crippen molar-refractivity contribution in [3.05, 3.63) is 71.3 Å². The average molecular weight is 293 g/mol. The smallest absolute Gasteiger partial charge is 0.223 e.